The van der Waals surface area contributed by atoms with E-state index in [1.807, 2.05) is 6.92 Å². The van der Waals surface area contributed by atoms with Gasteiger partial charge in [0.05, 0.1) is 25.4 Å². The zero-order valence-electron chi connectivity index (χ0n) is 9.45. The smallest absolute Gasteiger partial charge is 0.0704 e. The highest BCUT2D eigenvalue weighted by atomic mass is 16.5. The van der Waals surface area contributed by atoms with Gasteiger partial charge in [0.25, 0.3) is 0 Å². The Balaban J connectivity index is 2.20. The van der Waals surface area contributed by atoms with Crippen molar-refractivity contribution in [1.29, 1.82) is 0 Å². The van der Waals surface area contributed by atoms with Crippen molar-refractivity contribution < 1.29 is 14.6 Å². The summed E-state index contributed by atoms with van der Waals surface area (Å²) in [6.07, 6.45) is 1.76. The molecule has 0 radical (unpaired) electrons. The maximum atomic E-state index is 9.63. The number of ether oxygens (including phenoxy) is 2. The molecule has 1 aliphatic rings. The van der Waals surface area contributed by atoms with Crippen LogP contribution in [0.1, 0.15) is 33.6 Å². The summed E-state index contributed by atoms with van der Waals surface area (Å²) in [5.74, 6) is 0. The lowest BCUT2D eigenvalue weighted by atomic mass is 9.63. The molecule has 1 aliphatic carbocycles. The van der Waals surface area contributed by atoms with Crippen LogP contribution in [0, 0.1) is 5.41 Å². The molecule has 1 rings (SSSR count). The minimum Gasteiger partial charge on any atom is -0.392 e. The SMILES string of the molecule is CCOCCOC1CC(O)C1(C)CC. The molecule has 84 valence electrons. The predicted molar refractivity (Wildman–Crippen MR) is 55.3 cm³/mol. The second-order valence-electron chi connectivity index (χ2n) is 4.17. The van der Waals surface area contributed by atoms with Gasteiger partial charge in [-0.15, -0.1) is 0 Å². The molecule has 0 heterocycles. The van der Waals surface area contributed by atoms with Crippen LogP contribution in [0.3, 0.4) is 0 Å². The van der Waals surface area contributed by atoms with Crippen molar-refractivity contribution in [2.75, 3.05) is 19.8 Å². The first-order chi connectivity index (χ1) is 6.65. The van der Waals surface area contributed by atoms with Gasteiger partial charge in [0.2, 0.25) is 0 Å². The molecule has 0 aromatic rings. The van der Waals surface area contributed by atoms with Gasteiger partial charge in [-0.25, -0.2) is 0 Å². The molecule has 14 heavy (non-hydrogen) atoms. The largest absolute Gasteiger partial charge is 0.392 e. The first-order valence-corrected chi connectivity index (χ1v) is 5.52. The summed E-state index contributed by atoms with van der Waals surface area (Å²) in [7, 11) is 0. The Bertz CT molecular complexity index is 172. The van der Waals surface area contributed by atoms with Crippen LogP contribution >= 0.6 is 0 Å². The highest BCUT2D eigenvalue weighted by Gasteiger charge is 2.50. The molecule has 1 saturated carbocycles. The van der Waals surface area contributed by atoms with Crippen LogP contribution < -0.4 is 0 Å². The van der Waals surface area contributed by atoms with Crippen molar-refractivity contribution in [3.8, 4) is 0 Å². The van der Waals surface area contributed by atoms with E-state index in [2.05, 4.69) is 13.8 Å². The maximum absolute atomic E-state index is 9.63. The number of aliphatic hydroxyl groups is 1. The molecule has 3 heteroatoms. The molecule has 0 aromatic carbocycles. The van der Waals surface area contributed by atoms with Crippen LogP contribution in [0.4, 0.5) is 0 Å². The molecule has 1 fully saturated rings. The fourth-order valence-electron chi connectivity index (χ4n) is 1.91. The van der Waals surface area contributed by atoms with Crippen molar-refractivity contribution in [2.45, 2.75) is 45.8 Å². The van der Waals surface area contributed by atoms with Gasteiger partial charge < -0.3 is 14.6 Å². The molecule has 0 amide bonds. The summed E-state index contributed by atoms with van der Waals surface area (Å²) in [5.41, 5.74) is -0.0355. The lowest BCUT2D eigenvalue weighted by Crippen LogP contribution is -2.56. The maximum Gasteiger partial charge on any atom is 0.0704 e. The molecule has 0 bridgehead atoms. The second kappa shape index (κ2) is 5.10. The minimum absolute atomic E-state index is 0.0355. The Morgan fingerprint density at radius 2 is 2.07 bits per heavy atom. The molecule has 0 aromatic heterocycles. The van der Waals surface area contributed by atoms with Gasteiger partial charge in [0.1, 0.15) is 0 Å². The van der Waals surface area contributed by atoms with E-state index < -0.39 is 0 Å². The summed E-state index contributed by atoms with van der Waals surface area (Å²) >= 11 is 0. The first kappa shape index (κ1) is 12.0. The minimum atomic E-state index is -0.190. The summed E-state index contributed by atoms with van der Waals surface area (Å²) in [6.45, 7) is 8.20. The molecule has 3 unspecified atom stereocenters. The Kier molecular flexibility index (Phi) is 4.35. The molecule has 0 saturated heterocycles. The van der Waals surface area contributed by atoms with Crippen molar-refractivity contribution in [3.05, 3.63) is 0 Å². The Hall–Kier alpha value is -0.120. The van der Waals surface area contributed by atoms with Crippen molar-refractivity contribution in [2.24, 2.45) is 5.41 Å². The number of hydrogen-bond acceptors (Lipinski definition) is 3. The van der Waals surface area contributed by atoms with Crippen LogP contribution in [-0.4, -0.2) is 37.1 Å². The van der Waals surface area contributed by atoms with Crippen molar-refractivity contribution in [3.63, 3.8) is 0 Å². The van der Waals surface area contributed by atoms with Gasteiger partial charge in [-0.2, -0.15) is 0 Å². The van der Waals surface area contributed by atoms with Gasteiger partial charge >= 0.3 is 0 Å². The fourth-order valence-corrected chi connectivity index (χ4v) is 1.91. The van der Waals surface area contributed by atoms with E-state index in [-0.39, 0.29) is 17.6 Å². The number of rotatable bonds is 6. The molecule has 0 spiro atoms. The highest BCUT2D eigenvalue weighted by molar-refractivity contribution is 5.00. The van der Waals surface area contributed by atoms with Gasteiger partial charge in [0.15, 0.2) is 0 Å². The third-order valence-electron chi connectivity index (χ3n) is 3.45. The predicted octanol–water partition coefficient (Wildman–Crippen LogP) is 1.59. The van der Waals surface area contributed by atoms with E-state index >= 15 is 0 Å². The average Bonchev–Trinajstić information content (AvgIpc) is 2.21. The van der Waals surface area contributed by atoms with Crippen LogP contribution in [0.15, 0.2) is 0 Å². The molecule has 0 aliphatic heterocycles. The summed E-state index contributed by atoms with van der Waals surface area (Å²) in [5, 5.41) is 9.63. The second-order valence-corrected chi connectivity index (χ2v) is 4.17. The monoisotopic (exact) mass is 202 g/mol. The van der Waals surface area contributed by atoms with Crippen molar-refractivity contribution in [1.82, 2.24) is 0 Å². The summed E-state index contributed by atoms with van der Waals surface area (Å²) in [6, 6.07) is 0. The zero-order valence-corrected chi connectivity index (χ0v) is 9.45. The lowest BCUT2D eigenvalue weighted by Gasteiger charge is -2.50. The Morgan fingerprint density at radius 1 is 1.36 bits per heavy atom. The van der Waals surface area contributed by atoms with Gasteiger partial charge in [-0.3, -0.25) is 0 Å². The zero-order chi connectivity index (χ0) is 10.6. The van der Waals surface area contributed by atoms with Crippen LogP contribution in [0.25, 0.3) is 0 Å². The molecule has 1 N–H and O–H groups in total. The van der Waals surface area contributed by atoms with E-state index in [4.69, 9.17) is 9.47 Å². The summed E-state index contributed by atoms with van der Waals surface area (Å²) < 4.78 is 10.9. The Labute approximate surface area is 86.4 Å². The van der Waals surface area contributed by atoms with Crippen LogP contribution in [0.5, 0.6) is 0 Å². The molecule has 3 nitrogen and oxygen atoms in total. The van der Waals surface area contributed by atoms with E-state index in [1.165, 1.54) is 0 Å². The standard InChI is InChI=1S/C11H22O3/c1-4-11(3)9(12)8-10(11)14-7-6-13-5-2/h9-10,12H,4-8H2,1-3H3. The van der Waals surface area contributed by atoms with E-state index in [1.54, 1.807) is 0 Å². The quantitative estimate of drug-likeness (QED) is 0.665. The first-order valence-electron chi connectivity index (χ1n) is 5.52. The third-order valence-corrected chi connectivity index (χ3v) is 3.45. The van der Waals surface area contributed by atoms with Gasteiger partial charge in [0, 0.05) is 18.4 Å². The van der Waals surface area contributed by atoms with Gasteiger partial charge in [-0.05, 0) is 13.3 Å². The van der Waals surface area contributed by atoms with Gasteiger partial charge in [-0.1, -0.05) is 13.8 Å². The third kappa shape index (κ3) is 2.27. The Morgan fingerprint density at radius 3 is 2.57 bits per heavy atom. The highest BCUT2D eigenvalue weighted by Crippen LogP contribution is 2.45. The van der Waals surface area contributed by atoms with E-state index in [0.29, 0.717) is 13.2 Å². The van der Waals surface area contributed by atoms with Crippen molar-refractivity contribution >= 4 is 0 Å². The normalized spacial score (nSPS) is 36.9. The van der Waals surface area contributed by atoms with Crippen LogP contribution in [-0.2, 0) is 9.47 Å². The topological polar surface area (TPSA) is 38.7 Å². The molecule has 3 atom stereocenters. The van der Waals surface area contributed by atoms with E-state index in [0.717, 1.165) is 19.4 Å². The number of aliphatic hydroxyl groups excluding tert-OH is 1. The molecular weight excluding hydrogens is 180 g/mol. The average molecular weight is 202 g/mol. The lowest BCUT2D eigenvalue weighted by molar-refractivity contribution is -0.189. The number of hydrogen-bond donors (Lipinski definition) is 1. The van der Waals surface area contributed by atoms with E-state index in [9.17, 15) is 5.11 Å². The fraction of sp³-hybridized carbons (Fsp3) is 1.00. The van der Waals surface area contributed by atoms with Crippen LogP contribution in [0.2, 0.25) is 0 Å². The summed E-state index contributed by atoms with van der Waals surface area (Å²) in [4.78, 5) is 0. The molecular formula is C11H22O3.